The minimum Gasteiger partial charge on any atom is -0.493 e. The van der Waals surface area contributed by atoms with Crippen LogP contribution in [0.3, 0.4) is 0 Å². The zero-order valence-corrected chi connectivity index (χ0v) is 17.5. The molecule has 158 valence electrons. The molecule has 1 aliphatic heterocycles. The first-order chi connectivity index (χ1) is 14.6. The molecule has 3 aromatic rings. The standard InChI is InChI=1S/C21H22FN3O4S/c1-27-17-5-3-4-16(19(17)28-2)23-20(26)25-10-8-14(9-11-25)29-21-24-15-7-6-13(22)12-18(15)30-21/h3-7,12,14H,8-11H2,1-2H3,(H,23,26). The van der Waals surface area contributed by atoms with E-state index >= 15 is 0 Å². The third kappa shape index (κ3) is 4.25. The van der Waals surface area contributed by atoms with Crippen LogP contribution < -0.4 is 19.5 Å². The van der Waals surface area contributed by atoms with Gasteiger partial charge in [0.05, 0.1) is 30.1 Å². The van der Waals surface area contributed by atoms with Crippen LogP contribution in [0.25, 0.3) is 10.2 Å². The summed E-state index contributed by atoms with van der Waals surface area (Å²) in [4.78, 5) is 18.8. The van der Waals surface area contributed by atoms with Gasteiger partial charge in [-0.2, -0.15) is 0 Å². The van der Waals surface area contributed by atoms with E-state index in [9.17, 15) is 9.18 Å². The number of likely N-dealkylation sites (tertiary alicyclic amines) is 1. The maximum Gasteiger partial charge on any atom is 0.321 e. The number of piperidine rings is 1. The van der Waals surface area contributed by atoms with Crippen LogP contribution in [0.5, 0.6) is 16.7 Å². The Morgan fingerprint density at radius 1 is 1.20 bits per heavy atom. The first-order valence-corrected chi connectivity index (χ1v) is 10.4. The molecule has 0 bridgehead atoms. The number of hydrogen-bond acceptors (Lipinski definition) is 6. The number of urea groups is 1. The van der Waals surface area contributed by atoms with Gasteiger partial charge in [0.15, 0.2) is 11.5 Å². The van der Waals surface area contributed by atoms with Crippen molar-refractivity contribution in [1.29, 1.82) is 0 Å². The number of nitrogens with one attached hydrogen (secondary N) is 1. The summed E-state index contributed by atoms with van der Waals surface area (Å²) in [5.74, 6) is 0.752. The zero-order valence-electron chi connectivity index (χ0n) is 16.7. The van der Waals surface area contributed by atoms with Gasteiger partial charge < -0.3 is 24.4 Å². The highest BCUT2D eigenvalue weighted by molar-refractivity contribution is 7.20. The van der Waals surface area contributed by atoms with Crippen molar-refractivity contribution in [3.63, 3.8) is 0 Å². The minimum absolute atomic E-state index is 0.0363. The van der Waals surface area contributed by atoms with Gasteiger partial charge in [-0.3, -0.25) is 0 Å². The van der Waals surface area contributed by atoms with Crippen molar-refractivity contribution in [2.24, 2.45) is 0 Å². The number of amides is 2. The molecule has 2 aromatic carbocycles. The van der Waals surface area contributed by atoms with E-state index in [1.807, 2.05) is 0 Å². The van der Waals surface area contributed by atoms with Crippen molar-refractivity contribution in [2.45, 2.75) is 18.9 Å². The molecule has 0 spiro atoms. The number of ether oxygens (including phenoxy) is 3. The fraction of sp³-hybridized carbons (Fsp3) is 0.333. The molecule has 2 amide bonds. The molecule has 30 heavy (non-hydrogen) atoms. The Morgan fingerprint density at radius 2 is 2.00 bits per heavy atom. The van der Waals surface area contributed by atoms with Crippen LogP contribution in [0.1, 0.15) is 12.8 Å². The van der Waals surface area contributed by atoms with Gasteiger partial charge in [-0.25, -0.2) is 14.2 Å². The monoisotopic (exact) mass is 431 g/mol. The largest absolute Gasteiger partial charge is 0.493 e. The van der Waals surface area contributed by atoms with Gasteiger partial charge in [-0.05, 0) is 30.3 Å². The molecule has 7 nitrogen and oxygen atoms in total. The third-order valence-electron chi connectivity index (χ3n) is 4.97. The normalized spacial score (nSPS) is 14.6. The summed E-state index contributed by atoms with van der Waals surface area (Å²) in [6.45, 7) is 1.12. The van der Waals surface area contributed by atoms with Gasteiger partial charge in [0.2, 0.25) is 0 Å². The minimum atomic E-state index is -0.287. The first-order valence-electron chi connectivity index (χ1n) is 9.57. The summed E-state index contributed by atoms with van der Waals surface area (Å²) in [5, 5.41) is 3.42. The smallest absolute Gasteiger partial charge is 0.321 e. The number of aromatic nitrogens is 1. The highest BCUT2D eigenvalue weighted by Crippen LogP contribution is 2.35. The number of benzene rings is 2. The first kappa shape index (κ1) is 20.2. The van der Waals surface area contributed by atoms with Crippen molar-refractivity contribution < 1.29 is 23.4 Å². The van der Waals surface area contributed by atoms with Crippen molar-refractivity contribution in [2.75, 3.05) is 32.6 Å². The maximum absolute atomic E-state index is 13.3. The molecule has 0 aliphatic carbocycles. The van der Waals surface area contributed by atoms with E-state index < -0.39 is 0 Å². The fourth-order valence-electron chi connectivity index (χ4n) is 3.43. The number of methoxy groups -OCH3 is 2. The molecule has 1 fully saturated rings. The van der Waals surface area contributed by atoms with Crippen LogP contribution in [0.2, 0.25) is 0 Å². The van der Waals surface area contributed by atoms with Crippen LogP contribution in [-0.2, 0) is 0 Å². The van der Waals surface area contributed by atoms with Crippen LogP contribution in [-0.4, -0.2) is 49.3 Å². The van der Waals surface area contributed by atoms with Crippen molar-refractivity contribution >= 4 is 33.3 Å². The average Bonchev–Trinajstić information content (AvgIpc) is 3.15. The number of para-hydroxylation sites is 1. The number of carbonyl (C=O) groups excluding carboxylic acids is 1. The molecule has 0 radical (unpaired) electrons. The average molecular weight is 431 g/mol. The number of fused-ring (bicyclic) bond motifs is 1. The number of thiazole rings is 1. The Kier molecular flexibility index (Phi) is 5.89. The molecule has 2 heterocycles. The summed E-state index contributed by atoms with van der Waals surface area (Å²) in [6, 6.07) is 9.63. The molecule has 1 N–H and O–H groups in total. The van der Waals surface area contributed by atoms with Gasteiger partial charge >= 0.3 is 6.03 Å². The van der Waals surface area contributed by atoms with Gasteiger partial charge in [0.1, 0.15) is 11.9 Å². The lowest BCUT2D eigenvalue weighted by Crippen LogP contribution is -2.43. The van der Waals surface area contributed by atoms with Crippen LogP contribution in [0.4, 0.5) is 14.9 Å². The molecule has 0 saturated carbocycles. The number of hydrogen-bond donors (Lipinski definition) is 1. The molecule has 1 aliphatic rings. The summed E-state index contributed by atoms with van der Waals surface area (Å²) >= 11 is 1.33. The highest BCUT2D eigenvalue weighted by Gasteiger charge is 2.25. The number of rotatable bonds is 5. The van der Waals surface area contributed by atoms with Crippen LogP contribution in [0, 0.1) is 5.82 Å². The molecule has 9 heteroatoms. The molecule has 1 saturated heterocycles. The molecule has 0 unspecified atom stereocenters. The van der Waals surface area contributed by atoms with E-state index in [1.165, 1.54) is 30.6 Å². The van der Waals surface area contributed by atoms with E-state index in [-0.39, 0.29) is 18.0 Å². The zero-order chi connectivity index (χ0) is 21.1. The third-order valence-corrected chi connectivity index (χ3v) is 5.88. The van der Waals surface area contributed by atoms with Gasteiger partial charge in [-0.15, -0.1) is 0 Å². The maximum atomic E-state index is 13.3. The Bertz CT molecular complexity index is 1050. The molecule has 1 aromatic heterocycles. The van der Waals surface area contributed by atoms with E-state index in [0.29, 0.717) is 48.3 Å². The molecular formula is C21H22FN3O4S. The summed E-state index contributed by atoms with van der Waals surface area (Å²) in [6.07, 6.45) is 1.34. The predicted molar refractivity (Wildman–Crippen MR) is 113 cm³/mol. The molecule has 0 atom stereocenters. The van der Waals surface area contributed by atoms with Gasteiger partial charge in [0, 0.05) is 25.9 Å². The van der Waals surface area contributed by atoms with Gasteiger partial charge in [0.25, 0.3) is 5.19 Å². The summed E-state index contributed by atoms with van der Waals surface area (Å²) in [5.41, 5.74) is 1.28. The number of carbonyl (C=O) groups is 1. The number of halogens is 1. The van der Waals surface area contributed by atoms with Gasteiger partial charge in [-0.1, -0.05) is 17.4 Å². The number of nitrogens with zero attached hydrogens (tertiary/aromatic N) is 2. The van der Waals surface area contributed by atoms with Crippen molar-refractivity contribution in [1.82, 2.24) is 9.88 Å². The van der Waals surface area contributed by atoms with Crippen molar-refractivity contribution in [3.8, 4) is 16.7 Å². The van der Waals surface area contributed by atoms with Crippen LogP contribution in [0.15, 0.2) is 36.4 Å². The lowest BCUT2D eigenvalue weighted by atomic mass is 10.1. The quantitative estimate of drug-likeness (QED) is 0.643. The Labute approximate surface area is 177 Å². The Hall–Kier alpha value is -3.07. The van der Waals surface area contributed by atoms with E-state index in [4.69, 9.17) is 14.2 Å². The SMILES string of the molecule is COc1cccc(NC(=O)N2CCC(Oc3nc4ccc(F)cc4s3)CC2)c1OC. The lowest BCUT2D eigenvalue weighted by Gasteiger charge is -2.31. The summed E-state index contributed by atoms with van der Waals surface area (Å²) in [7, 11) is 3.09. The number of anilines is 1. The Balaban J connectivity index is 1.34. The summed E-state index contributed by atoms with van der Waals surface area (Å²) < 4.78 is 30.7. The highest BCUT2D eigenvalue weighted by atomic mass is 32.1. The predicted octanol–water partition coefficient (Wildman–Crippen LogP) is 4.53. The second-order valence-corrected chi connectivity index (χ2v) is 7.86. The fourth-order valence-corrected chi connectivity index (χ4v) is 4.33. The van der Waals surface area contributed by atoms with E-state index in [1.54, 1.807) is 36.3 Å². The topological polar surface area (TPSA) is 72.9 Å². The van der Waals surface area contributed by atoms with E-state index in [2.05, 4.69) is 10.3 Å². The lowest BCUT2D eigenvalue weighted by molar-refractivity contribution is 0.115. The second-order valence-electron chi connectivity index (χ2n) is 6.87. The van der Waals surface area contributed by atoms with Crippen molar-refractivity contribution in [3.05, 3.63) is 42.2 Å². The van der Waals surface area contributed by atoms with E-state index in [0.717, 1.165) is 10.2 Å². The Morgan fingerprint density at radius 3 is 2.73 bits per heavy atom. The molecular weight excluding hydrogens is 409 g/mol. The van der Waals surface area contributed by atoms with Crippen LogP contribution >= 0.6 is 11.3 Å². The second kappa shape index (κ2) is 8.74. The molecule has 4 rings (SSSR count).